The molecule has 0 radical (unpaired) electrons. The first-order valence-electron chi connectivity index (χ1n) is 8.60. The molecule has 1 aromatic carbocycles. The molecule has 0 aliphatic rings. The molecule has 27 heavy (non-hydrogen) atoms. The third-order valence-corrected chi connectivity index (χ3v) is 3.33. The van der Waals surface area contributed by atoms with Crippen LogP contribution in [0.1, 0.15) is 39.7 Å². The molecule has 0 bridgehead atoms. The number of aryl methyl sites for hydroxylation is 1. The fourth-order valence-corrected chi connectivity index (χ4v) is 1.98. The van der Waals surface area contributed by atoms with E-state index in [-0.39, 0.29) is 6.42 Å². The number of rotatable bonds is 6. The van der Waals surface area contributed by atoms with E-state index in [0.717, 1.165) is 5.56 Å². The van der Waals surface area contributed by atoms with Gasteiger partial charge in [0.25, 0.3) is 0 Å². The zero-order valence-electron chi connectivity index (χ0n) is 16.7. The quantitative estimate of drug-likeness (QED) is 0.601. The standard InChI is InChI=1S/C19H28N2O6/c1-13-7-9-15(10-8-13)21(6)18(24)26-12-25-16(22)11-14(2)20-17(23)27-19(3,4)5/h7-10,14H,11-12H2,1-6H3,(H,20,23). The van der Waals surface area contributed by atoms with Crippen LogP contribution in [0.5, 0.6) is 0 Å². The maximum Gasteiger partial charge on any atom is 0.416 e. The van der Waals surface area contributed by atoms with Crippen LogP contribution >= 0.6 is 0 Å². The van der Waals surface area contributed by atoms with Gasteiger partial charge in [0.05, 0.1) is 6.42 Å². The van der Waals surface area contributed by atoms with E-state index in [2.05, 4.69) is 5.32 Å². The summed E-state index contributed by atoms with van der Waals surface area (Å²) < 4.78 is 14.9. The highest BCUT2D eigenvalue weighted by Crippen LogP contribution is 2.14. The van der Waals surface area contributed by atoms with E-state index in [9.17, 15) is 14.4 Å². The lowest BCUT2D eigenvalue weighted by Gasteiger charge is -2.21. The van der Waals surface area contributed by atoms with Crippen LogP contribution < -0.4 is 10.2 Å². The first kappa shape index (κ1) is 22.3. The lowest BCUT2D eigenvalue weighted by atomic mass is 10.2. The molecule has 0 aromatic heterocycles. The second-order valence-corrected chi connectivity index (χ2v) is 7.19. The molecule has 1 N–H and O–H groups in total. The summed E-state index contributed by atoms with van der Waals surface area (Å²) in [4.78, 5) is 36.6. The van der Waals surface area contributed by atoms with Crippen LogP contribution in [0.15, 0.2) is 24.3 Å². The number of nitrogens with one attached hydrogen (secondary N) is 1. The topological polar surface area (TPSA) is 94.2 Å². The zero-order valence-corrected chi connectivity index (χ0v) is 16.7. The first-order valence-corrected chi connectivity index (χ1v) is 8.60. The maximum atomic E-state index is 11.9. The van der Waals surface area contributed by atoms with Crippen molar-refractivity contribution in [1.82, 2.24) is 5.32 Å². The number of benzene rings is 1. The lowest BCUT2D eigenvalue weighted by molar-refractivity contribution is -0.152. The largest absolute Gasteiger partial charge is 0.444 e. The van der Waals surface area contributed by atoms with Gasteiger partial charge in [0, 0.05) is 18.8 Å². The van der Waals surface area contributed by atoms with Crippen molar-refractivity contribution in [2.75, 3.05) is 18.7 Å². The van der Waals surface area contributed by atoms with Crippen LogP contribution in [0.2, 0.25) is 0 Å². The van der Waals surface area contributed by atoms with Crippen molar-refractivity contribution in [2.45, 2.75) is 52.7 Å². The van der Waals surface area contributed by atoms with E-state index in [1.165, 1.54) is 4.90 Å². The van der Waals surface area contributed by atoms with Crippen molar-refractivity contribution < 1.29 is 28.6 Å². The lowest BCUT2D eigenvalue weighted by Crippen LogP contribution is -2.39. The highest BCUT2D eigenvalue weighted by molar-refractivity contribution is 5.87. The van der Waals surface area contributed by atoms with E-state index in [0.29, 0.717) is 5.69 Å². The number of hydrogen-bond acceptors (Lipinski definition) is 6. The summed E-state index contributed by atoms with van der Waals surface area (Å²) in [6.07, 6.45) is -1.34. The smallest absolute Gasteiger partial charge is 0.416 e. The van der Waals surface area contributed by atoms with E-state index < -0.39 is 36.6 Å². The minimum atomic E-state index is -0.647. The van der Waals surface area contributed by atoms with Gasteiger partial charge in [-0.25, -0.2) is 9.59 Å². The van der Waals surface area contributed by atoms with E-state index in [1.54, 1.807) is 46.9 Å². The molecule has 0 aliphatic heterocycles. The molecular formula is C19H28N2O6. The van der Waals surface area contributed by atoms with Gasteiger partial charge in [0.15, 0.2) is 0 Å². The highest BCUT2D eigenvalue weighted by Gasteiger charge is 2.19. The summed E-state index contributed by atoms with van der Waals surface area (Å²) >= 11 is 0. The maximum absolute atomic E-state index is 11.9. The normalized spacial score (nSPS) is 11.9. The SMILES string of the molecule is Cc1ccc(N(C)C(=O)OCOC(=O)CC(C)NC(=O)OC(C)(C)C)cc1. The average Bonchev–Trinajstić information content (AvgIpc) is 2.52. The molecule has 1 rings (SSSR count). The van der Waals surface area contributed by atoms with Gasteiger partial charge in [-0.05, 0) is 46.8 Å². The molecule has 8 nitrogen and oxygen atoms in total. The molecule has 8 heteroatoms. The zero-order chi connectivity index (χ0) is 20.6. The van der Waals surface area contributed by atoms with Gasteiger partial charge in [0.2, 0.25) is 6.79 Å². The Bertz CT molecular complexity index is 651. The Hall–Kier alpha value is -2.77. The Morgan fingerprint density at radius 2 is 1.70 bits per heavy atom. The van der Waals surface area contributed by atoms with Crippen LogP contribution in [0.4, 0.5) is 15.3 Å². The number of amides is 2. The molecule has 1 atom stereocenters. The Labute approximate surface area is 159 Å². The molecule has 150 valence electrons. The van der Waals surface area contributed by atoms with Gasteiger partial charge in [-0.3, -0.25) is 9.69 Å². The number of nitrogens with zero attached hydrogens (tertiary/aromatic N) is 1. The van der Waals surface area contributed by atoms with Crippen LogP contribution in [-0.2, 0) is 19.0 Å². The van der Waals surface area contributed by atoms with Gasteiger partial charge in [0.1, 0.15) is 5.60 Å². The van der Waals surface area contributed by atoms with Crippen molar-refractivity contribution in [3.8, 4) is 0 Å². The number of hydrogen-bond donors (Lipinski definition) is 1. The molecule has 0 spiro atoms. The first-order chi connectivity index (χ1) is 12.5. The fourth-order valence-electron chi connectivity index (χ4n) is 1.98. The Morgan fingerprint density at radius 3 is 2.26 bits per heavy atom. The second kappa shape index (κ2) is 9.80. The summed E-state index contributed by atoms with van der Waals surface area (Å²) in [6.45, 7) is 8.31. The number of carbonyl (C=O) groups is 3. The second-order valence-electron chi connectivity index (χ2n) is 7.19. The Balaban J connectivity index is 2.32. The number of carbonyl (C=O) groups excluding carboxylic acids is 3. The third kappa shape index (κ3) is 8.94. The van der Waals surface area contributed by atoms with Gasteiger partial charge in [-0.1, -0.05) is 17.7 Å². The molecule has 0 fully saturated rings. The van der Waals surface area contributed by atoms with Crippen molar-refractivity contribution in [1.29, 1.82) is 0 Å². The molecule has 2 amide bonds. The molecule has 0 saturated carbocycles. The van der Waals surface area contributed by atoms with Gasteiger partial charge >= 0.3 is 18.2 Å². The minimum Gasteiger partial charge on any atom is -0.444 e. The van der Waals surface area contributed by atoms with Gasteiger partial charge in [-0.15, -0.1) is 0 Å². The van der Waals surface area contributed by atoms with Crippen molar-refractivity contribution >= 4 is 23.8 Å². The number of ether oxygens (including phenoxy) is 3. The number of alkyl carbamates (subject to hydrolysis) is 1. The summed E-state index contributed by atoms with van der Waals surface area (Å²) in [5.41, 5.74) is 1.11. The van der Waals surface area contributed by atoms with Crippen LogP contribution in [0.25, 0.3) is 0 Å². The monoisotopic (exact) mass is 380 g/mol. The van der Waals surface area contributed by atoms with Crippen molar-refractivity contribution in [2.24, 2.45) is 0 Å². The molecular weight excluding hydrogens is 352 g/mol. The molecule has 0 aliphatic carbocycles. The third-order valence-electron chi connectivity index (χ3n) is 3.33. The predicted molar refractivity (Wildman–Crippen MR) is 100 cm³/mol. The van der Waals surface area contributed by atoms with Crippen LogP contribution in [0.3, 0.4) is 0 Å². The Kier molecular flexibility index (Phi) is 8.08. The summed E-state index contributed by atoms with van der Waals surface area (Å²) in [6, 6.07) is 6.83. The van der Waals surface area contributed by atoms with E-state index in [4.69, 9.17) is 14.2 Å². The molecule has 0 saturated heterocycles. The van der Waals surface area contributed by atoms with Crippen molar-refractivity contribution in [3.63, 3.8) is 0 Å². The molecule has 1 unspecified atom stereocenters. The minimum absolute atomic E-state index is 0.0788. The van der Waals surface area contributed by atoms with Crippen molar-refractivity contribution in [3.05, 3.63) is 29.8 Å². The highest BCUT2D eigenvalue weighted by atomic mass is 16.7. The summed E-state index contributed by atoms with van der Waals surface area (Å²) in [7, 11) is 1.56. The van der Waals surface area contributed by atoms with Crippen LogP contribution in [-0.4, -0.2) is 43.6 Å². The number of anilines is 1. The molecule has 0 heterocycles. The van der Waals surface area contributed by atoms with Gasteiger partial charge < -0.3 is 19.5 Å². The number of esters is 1. The van der Waals surface area contributed by atoms with Crippen LogP contribution in [0, 0.1) is 6.92 Å². The Morgan fingerprint density at radius 1 is 1.11 bits per heavy atom. The fraction of sp³-hybridized carbons (Fsp3) is 0.526. The van der Waals surface area contributed by atoms with Gasteiger partial charge in [-0.2, -0.15) is 0 Å². The molecule has 1 aromatic rings. The van der Waals surface area contributed by atoms with E-state index in [1.807, 2.05) is 19.1 Å². The summed E-state index contributed by atoms with van der Waals surface area (Å²) in [5.74, 6) is -0.607. The van der Waals surface area contributed by atoms with E-state index >= 15 is 0 Å². The average molecular weight is 380 g/mol. The predicted octanol–water partition coefficient (Wildman–Crippen LogP) is 3.37. The summed E-state index contributed by atoms with van der Waals surface area (Å²) in [5, 5.41) is 2.53.